The van der Waals surface area contributed by atoms with Crippen molar-refractivity contribution in [1.82, 2.24) is 9.55 Å². The Morgan fingerprint density at radius 2 is 1.95 bits per heavy atom. The monoisotopic (exact) mass is 276 g/mol. The third-order valence-corrected chi connectivity index (χ3v) is 2.67. The van der Waals surface area contributed by atoms with Gasteiger partial charge in [0.05, 0.1) is 25.1 Å². The maximum Gasteiger partial charge on any atom is 0.329 e. The molecule has 1 aromatic heterocycles. The SMILES string of the molecule is COc1cc2ncn(/C=C/C(=O)O)c(=O)c2cc1OC. The highest BCUT2D eigenvalue weighted by molar-refractivity contribution is 5.84. The van der Waals surface area contributed by atoms with Gasteiger partial charge >= 0.3 is 5.97 Å². The molecule has 104 valence electrons. The second kappa shape index (κ2) is 5.43. The predicted octanol–water partition coefficient (Wildman–Crippen LogP) is 0.969. The predicted molar refractivity (Wildman–Crippen MR) is 72.1 cm³/mol. The highest BCUT2D eigenvalue weighted by Gasteiger charge is 2.10. The van der Waals surface area contributed by atoms with Crippen molar-refractivity contribution in [3.8, 4) is 11.5 Å². The summed E-state index contributed by atoms with van der Waals surface area (Å²) in [5.74, 6) is -0.283. The molecule has 7 nitrogen and oxygen atoms in total. The number of nitrogens with zero attached hydrogens (tertiary/aromatic N) is 2. The van der Waals surface area contributed by atoms with Crippen LogP contribution < -0.4 is 15.0 Å². The first kappa shape index (κ1) is 13.6. The molecule has 0 amide bonds. The van der Waals surface area contributed by atoms with Crippen LogP contribution in [-0.2, 0) is 4.79 Å². The van der Waals surface area contributed by atoms with Crippen molar-refractivity contribution >= 4 is 23.1 Å². The summed E-state index contributed by atoms with van der Waals surface area (Å²) in [4.78, 5) is 26.8. The van der Waals surface area contributed by atoms with Crippen LogP contribution in [0.25, 0.3) is 17.1 Å². The fraction of sp³-hybridized carbons (Fsp3) is 0.154. The summed E-state index contributed by atoms with van der Waals surface area (Å²) in [6.45, 7) is 0. The third-order valence-electron chi connectivity index (χ3n) is 2.67. The van der Waals surface area contributed by atoms with Crippen molar-refractivity contribution in [1.29, 1.82) is 0 Å². The Labute approximate surface area is 113 Å². The number of carboxylic acid groups (broad SMARTS) is 1. The second-order valence-corrected chi connectivity index (χ2v) is 3.84. The molecule has 0 aliphatic rings. The first-order valence-corrected chi connectivity index (χ1v) is 5.61. The van der Waals surface area contributed by atoms with Crippen molar-refractivity contribution in [3.63, 3.8) is 0 Å². The van der Waals surface area contributed by atoms with E-state index in [0.717, 1.165) is 16.8 Å². The summed E-state index contributed by atoms with van der Waals surface area (Å²) in [5.41, 5.74) is 0.0427. The highest BCUT2D eigenvalue weighted by atomic mass is 16.5. The number of methoxy groups -OCH3 is 2. The fourth-order valence-corrected chi connectivity index (χ4v) is 1.71. The van der Waals surface area contributed by atoms with Crippen LogP contribution in [0.4, 0.5) is 0 Å². The van der Waals surface area contributed by atoms with Crippen LogP contribution in [0.5, 0.6) is 11.5 Å². The van der Waals surface area contributed by atoms with Crippen LogP contribution in [-0.4, -0.2) is 34.8 Å². The number of aliphatic carboxylic acids is 1. The zero-order chi connectivity index (χ0) is 14.7. The molecule has 0 saturated heterocycles. The molecule has 2 aromatic rings. The molecule has 0 unspecified atom stereocenters. The van der Waals surface area contributed by atoms with E-state index in [2.05, 4.69) is 4.98 Å². The van der Waals surface area contributed by atoms with Crippen molar-refractivity contribution in [2.75, 3.05) is 14.2 Å². The summed E-state index contributed by atoms with van der Waals surface area (Å²) in [6, 6.07) is 3.09. The number of carboxylic acids is 1. The second-order valence-electron chi connectivity index (χ2n) is 3.84. The topological polar surface area (TPSA) is 90.7 Å². The van der Waals surface area contributed by atoms with E-state index in [1.165, 1.54) is 26.6 Å². The molecule has 1 heterocycles. The van der Waals surface area contributed by atoms with Gasteiger partial charge in [0.25, 0.3) is 5.56 Å². The van der Waals surface area contributed by atoms with Gasteiger partial charge < -0.3 is 14.6 Å². The van der Waals surface area contributed by atoms with Gasteiger partial charge in [0.15, 0.2) is 11.5 Å². The molecule has 1 aromatic carbocycles. The van der Waals surface area contributed by atoms with Gasteiger partial charge in [0.2, 0.25) is 0 Å². The number of rotatable bonds is 4. The standard InChI is InChI=1S/C13H12N2O5/c1-19-10-5-8-9(6-11(10)20-2)14-7-15(13(8)18)4-3-12(16)17/h3-7H,1-2H3,(H,16,17)/b4-3+. The van der Waals surface area contributed by atoms with Gasteiger partial charge in [0.1, 0.15) is 6.33 Å². The minimum absolute atomic E-state index is 0.306. The number of carbonyl (C=O) groups is 1. The lowest BCUT2D eigenvalue weighted by Gasteiger charge is -2.09. The zero-order valence-electron chi connectivity index (χ0n) is 10.9. The van der Waals surface area contributed by atoms with Crippen molar-refractivity contribution in [2.45, 2.75) is 0 Å². The number of ether oxygens (including phenoxy) is 2. The Hall–Kier alpha value is -2.83. The molecule has 0 aliphatic carbocycles. The van der Waals surface area contributed by atoms with Crippen molar-refractivity contribution in [2.24, 2.45) is 0 Å². The number of aromatic nitrogens is 2. The van der Waals surface area contributed by atoms with Gasteiger partial charge in [0, 0.05) is 18.3 Å². The van der Waals surface area contributed by atoms with Gasteiger partial charge in [-0.25, -0.2) is 9.78 Å². The Kier molecular flexibility index (Phi) is 3.69. The van der Waals surface area contributed by atoms with E-state index < -0.39 is 11.5 Å². The van der Waals surface area contributed by atoms with Crippen molar-refractivity contribution in [3.05, 3.63) is 34.9 Å². The highest BCUT2D eigenvalue weighted by Crippen LogP contribution is 2.29. The summed E-state index contributed by atoms with van der Waals surface area (Å²) < 4.78 is 11.3. The molecule has 7 heteroatoms. The van der Waals surface area contributed by atoms with E-state index in [9.17, 15) is 9.59 Å². The Balaban J connectivity index is 2.66. The lowest BCUT2D eigenvalue weighted by molar-refractivity contribution is -0.131. The summed E-state index contributed by atoms with van der Waals surface area (Å²) >= 11 is 0. The van der Waals surface area contributed by atoms with Crippen LogP contribution in [0, 0.1) is 0 Å². The molecule has 0 radical (unpaired) electrons. The van der Waals surface area contributed by atoms with Gasteiger partial charge in [-0.05, 0) is 6.07 Å². The van der Waals surface area contributed by atoms with Gasteiger partial charge in [-0.3, -0.25) is 9.36 Å². The molecule has 2 rings (SSSR count). The van der Waals surface area contributed by atoms with E-state index in [1.807, 2.05) is 0 Å². The van der Waals surface area contributed by atoms with Gasteiger partial charge in [-0.2, -0.15) is 0 Å². The Morgan fingerprint density at radius 3 is 2.55 bits per heavy atom. The molecule has 0 aliphatic heterocycles. The lowest BCUT2D eigenvalue weighted by atomic mass is 10.2. The normalized spacial score (nSPS) is 10.9. The average Bonchev–Trinajstić information content (AvgIpc) is 2.45. The molecular formula is C13H12N2O5. The molecule has 20 heavy (non-hydrogen) atoms. The molecule has 0 atom stereocenters. The average molecular weight is 276 g/mol. The molecule has 0 bridgehead atoms. The van der Waals surface area contributed by atoms with E-state index in [-0.39, 0.29) is 0 Å². The van der Waals surface area contributed by atoms with Gasteiger partial charge in [-0.15, -0.1) is 0 Å². The summed E-state index contributed by atoms with van der Waals surface area (Å²) in [6.07, 6.45) is 3.24. The Bertz CT molecular complexity index is 748. The molecular weight excluding hydrogens is 264 g/mol. The molecule has 0 saturated carbocycles. The van der Waals surface area contributed by atoms with E-state index in [0.29, 0.717) is 22.4 Å². The van der Waals surface area contributed by atoms with Crippen LogP contribution in [0.1, 0.15) is 0 Å². The fourth-order valence-electron chi connectivity index (χ4n) is 1.71. The van der Waals surface area contributed by atoms with E-state index in [4.69, 9.17) is 14.6 Å². The quantitative estimate of drug-likeness (QED) is 0.837. The number of hydrogen-bond donors (Lipinski definition) is 1. The number of benzene rings is 1. The minimum atomic E-state index is -1.15. The third kappa shape index (κ3) is 2.46. The number of hydrogen-bond acceptors (Lipinski definition) is 5. The zero-order valence-corrected chi connectivity index (χ0v) is 10.9. The largest absolute Gasteiger partial charge is 0.493 e. The lowest BCUT2D eigenvalue weighted by Crippen LogP contribution is -2.16. The molecule has 1 N–H and O–H groups in total. The van der Waals surface area contributed by atoms with Crippen LogP contribution in [0.3, 0.4) is 0 Å². The molecule has 0 fully saturated rings. The summed E-state index contributed by atoms with van der Waals surface area (Å²) in [7, 11) is 2.95. The number of fused-ring (bicyclic) bond motifs is 1. The minimum Gasteiger partial charge on any atom is -0.493 e. The van der Waals surface area contributed by atoms with E-state index >= 15 is 0 Å². The maximum absolute atomic E-state index is 12.2. The summed E-state index contributed by atoms with van der Waals surface area (Å²) in [5, 5.41) is 8.88. The maximum atomic E-state index is 12.2. The van der Waals surface area contributed by atoms with Crippen LogP contribution in [0.2, 0.25) is 0 Å². The first-order valence-electron chi connectivity index (χ1n) is 5.61. The van der Waals surface area contributed by atoms with Crippen LogP contribution in [0.15, 0.2) is 29.3 Å². The van der Waals surface area contributed by atoms with Crippen molar-refractivity contribution < 1.29 is 19.4 Å². The smallest absolute Gasteiger partial charge is 0.329 e. The van der Waals surface area contributed by atoms with Crippen LogP contribution >= 0.6 is 0 Å². The first-order chi connectivity index (χ1) is 9.56. The van der Waals surface area contributed by atoms with Gasteiger partial charge in [-0.1, -0.05) is 0 Å². The van der Waals surface area contributed by atoms with E-state index in [1.54, 1.807) is 6.07 Å². The Morgan fingerprint density at radius 1 is 1.30 bits per heavy atom. The molecule has 0 spiro atoms.